The molecule has 0 fully saturated rings. The first kappa shape index (κ1) is 13.4. The largest absolute Gasteiger partial charge is 0.481 e. The van der Waals surface area contributed by atoms with E-state index in [9.17, 15) is 4.79 Å². The fraction of sp³-hybridized carbons (Fsp3) is 0.0714. The average Bonchev–Trinajstić information content (AvgIpc) is 2.39. The number of nitrogens with zero attached hydrogens (tertiary/aromatic N) is 2. The van der Waals surface area contributed by atoms with Gasteiger partial charge in [0.15, 0.2) is 0 Å². The molecule has 0 saturated heterocycles. The van der Waals surface area contributed by atoms with Crippen molar-refractivity contribution in [3.05, 3.63) is 58.3 Å². The molecule has 2 rings (SSSR count). The van der Waals surface area contributed by atoms with Crippen LogP contribution in [0.5, 0.6) is 0 Å². The van der Waals surface area contributed by atoms with E-state index in [0.717, 1.165) is 21.4 Å². The molecular weight excluding hydrogens is 308 g/mol. The maximum absolute atomic E-state index is 10.6. The van der Waals surface area contributed by atoms with E-state index in [4.69, 9.17) is 5.11 Å². The molecule has 0 amide bonds. The van der Waals surface area contributed by atoms with Gasteiger partial charge >= 0.3 is 5.97 Å². The summed E-state index contributed by atoms with van der Waals surface area (Å²) in [6.07, 6.45) is 3.43. The Hall–Kier alpha value is -2.01. The zero-order valence-corrected chi connectivity index (χ0v) is 11.5. The Balaban J connectivity index is 2.11. The lowest BCUT2D eigenvalue weighted by atomic mass is 10.1. The molecule has 96 valence electrons. The number of carbonyl (C=O) groups is 1. The molecule has 0 aliphatic heterocycles. The lowest BCUT2D eigenvalue weighted by Crippen LogP contribution is -1.99. The van der Waals surface area contributed by atoms with E-state index in [1.165, 1.54) is 0 Å². The van der Waals surface area contributed by atoms with Crippen LogP contribution < -0.4 is 0 Å². The topological polar surface area (TPSA) is 62.5 Å². The highest BCUT2D eigenvalue weighted by molar-refractivity contribution is 9.10. The number of hydrogen-bond donors (Lipinski definition) is 1. The molecule has 1 heterocycles. The molecular formula is C14H11BrN2O2. The molecule has 5 heteroatoms. The van der Waals surface area contributed by atoms with Crippen LogP contribution in [0.4, 0.5) is 5.69 Å². The molecule has 1 aromatic heterocycles. The van der Waals surface area contributed by atoms with Gasteiger partial charge < -0.3 is 5.11 Å². The monoisotopic (exact) mass is 318 g/mol. The van der Waals surface area contributed by atoms with Crippen LogP contribution in [-0.2, 0) is 11.2 Å². The normalized spacial score (nSPS) is 10.8. The van der Waals surface area contributed by atoms with Crippen molar-refractivity contribution in [2.24, 2.45) is 4.99 Å². The van der Waals surface area contributed by atoms with E-state index in [1.807, 2.05) is 12.1 Å². The highest BCUT2D eigenvalue weighted by Crippen LogP contribution is 2.15. The van der Waals surface area contributed by atoms with Gasteiger partial charge in [-0.15, -0.1) is 0 Å². The zero-order valence-electron chi connectivity index (χ0n) is 9.95. The lowest BCUT2D eigenvalue weighted by Gasteiger charge is -1.99. The Labute approximate surface area is 119 Å². The van der Waals surface area contributed by atoms with Gasteiger partial charge in [0.05, 0.1) is 12.1 Å². The molecule has 19 heavy (non-hydrogen) atoms. The number of rotatable bonds is 4. The van der Waals surface area contributed by atoms with Crippen molar-refractivity contribution in [2.75, 3.05) is 0 Å². The van der Waals surface area contributed by atoms with Crippen LogP contribution in [0, 0.1) is 0 Å². The fourth-order valence-corrected chi connectivity index (χ4v) is 1.87. The SMILES string of the molecule is O=C(O)Cc1ccc(N=Cc2cccnc2Br)cc1. The number of halogens is 1. The molecule has 1 aromatic carbocycles. The molecule has 1 N–H and O–H groups in total. The standard InChI is InChI=1S/C14H11BrN2O2/c15-14-11(2-1-7-16-14)9-17-12-5-3-10(4-6-12)8-13(18)19/h1-7,9H,8H2,(H,18,19). The summed E-state index contributed by atoms with van der Waals surface area (Å²) in [5.41, 5.74) is 2.41. The molecule has 0 saturated carbocycles. The van der Waals surface area contributed by atoms with Crippen LogP contribution >= 0.6 is 15.9 Å². The van der Waals surface area contributed by atoms with E-state index in [2.05, 4.69) is 25.9 Å². The minimum atomic E-state index is -0.837. The average molecular weight is 319 g/mol. The molecule has 0 radical (unpaired) electrons. The molecule has 4 nitrogen and oxygen atoms in total. The quantitative estimate of drug-likeness (QED) is 0.695. The van der Waals surface area contributed by atoms with Crippen LogP contribution in [0.3, 0.4) is 0 Å². The van der Waals surface area contributed by atoms with Crippen molar-refractivity contribution < 1.29 is 9.90 Å². The second kappa shape index (κ2) is 6.24. The number of carboxylic acid groups (broad SMARTS) is 1. The number of aliphatic carboxylic acids is 1. The molecule has 0 aliphatic carbocycles. The van der Waals surface area contributed by atoms with E-state index in [-0.39, 0.29) is 6.42 Å². The predicted molar refractivity (Wildman–Crippen MR) is 77.0 cm³/mol. The summed E-state index contributed by atoms with van der Waals surface area (Å²) < 4.78 is 0.737. The predicted octanol–water partition coefficient (Wildman–Crippen LogP) is 3.22. The number of aromatic nitrogens is 1. The van der Waals surface area contributed by atoms with Crippen molar-refractivity contribution >= 4 is 33.8 Å². The summed E-state index contributed by atoms with van der Waals surface area (Å²) in [6.45, 7) is 0. The first-order chi connectivity index (χ1) is 9.15. The third-order valence-electron chi connectivity index (χ3n) is 2.43. The Kier molecular flexibility index (Phi) is 4.41. The fourth-order valence-electron chi connectivity index (χ4n) is 1.51. The first-order valence-electron chi connectivity index (χ1n) is 5.60. The van der Waals surface area contributed by atoms with Crippen molar-refractivity contribution in [1.29, 1.82) is 0 Å². The Morgan fingerprint density at radius 3 is 2.68 bits per heavy atom. The number of benzene rings is 1. The van der Waals surface area contributed by atoms with Gasteiger partial charge in [0.2, 0.25) is 0 Å². The van der Waals surface area contributed by atoms with Crippen molar-refractivity contribution in [3.63, 3.8) is 0 Å². The summed E-state index contributed by atoms with van der Waals surface area (Å²) in [7, 11) is 0. The zero-order chi connectivity index (χ0) is 13.7. The van der Waals surface area contributed by atoms with Crippen LogP contribution in [0.15, 0.2) is 52.2 Å². The molecule has 2 aromatic rings. The van der Waals surface area contributed by atoms with Gasteiger partial charge in [0, 0.05) is 18.0 Å². The number of aliphatic imine (C=N–C) groups is 1. The highest BCUT2D eigenvalue weighted by atomic mass is 79.9. The second-order valence-corrected chi connectivity index (χ2v) is 4.63. The van der Waals surface area contributed by atoms with Gasteiger partial charge in [-0.25, -0.2) is 4.98 Å². The molecule has 0 spiro atoms. The van der Waals surface area contributed by atoms with Gasteiger partial charge in [-0.3, -0.25) is 9.79 Å². The van der Waals surface area contributed by atoms with Crippen LogP contribution in [0.2, 0.25) is 0 Å². The Morgan fingerprint density at radius 2 is 2.05 bits per heavy atom. The van der Waals surface area contributed by atoms with Crippen LogP contribution in [0.25, 0.3) is 0 Å². The third-order valence-corrected chi connectivity index (χ3v) is 3.09. The molecule has 0 atom stereocenters. The summed E-state index contributed by atoms with van der Waals surface area (Å²) in [6, 6.07) is 10.8. The van der Waals surface area contributed by atoms with E-state index >= 15 is 0 Å². The maximum Gasteiger partial charge on any atom is 0.307 e. The van der Waals surface area contributed by atoms with Gasteiger partial charge in [-0.1, -0.05) is 12.1 Å². The maximum atomic E-state index is 10.6. The minimum absolute atomic E-state index is 0.0259. The lowest BCUT2D eigenvalue weighted by molar-refractivity contribution is -0.136. The summed E-state index contributed by atoms with van der Waals surface area (Å²) in [5, 5.41) is 8.68. The summed E-state index contributed by atoms with van der Waals surface area (Å²) >= 11 is 3.34. The summed E-state index contributed by atoms with van der Waals surface area (Å²) in [5.74, 6) is -0.837. The van der Waals surface area contributed by atoms with Gasteiger partial charge in [-0.2, -0.15) is 0 Å². The highest BCUT2D eigenvalue weighted by Gasteiger charge is 2.00. The van der Waals surface area contributed by atoms with Crippen molar-refractivity contribution in [1.82, 2.24) is 4.98 Å². The van der Waals surface area contributed by atoms with Crippen molar-refractivity contribution in [3.8, 4) is 0 Å². The minimum Gasteiger partial charge on any atom is -0.481 e. The van der Waals surface area contributed by atoms with Crippen molar-refractivity contribution in [2.45, 2.75) is 6.42 Å². The molecule has 0 aliphatic rings. The number of pyridine rings is 1. The van der Waals surface area contributed by atoms with Crippen LogP contribution in [0.1, 0.15) is 11.1 Å². The molecule has 0 bridgehead atoms. The summed E-state index contributed by atoms with van der Waals surface area (Å²) in [4.78, 5) is 19.0. The van der Waals surface area contributed by atoms with Gasteiger partial charge in [0.1, 0.15) is 4.60 Å². The Morgan fingerprint density at radius 1 is 1.32 bits per heavy atom. The van der Waals surface area contributed by atoms with E-state index in [0.29, 0.717) is 0 Å². The Bertz CT molecular complexity index is 609. The smallest absolute Gasteiger partial charge is 0.307 e. The number of carboxylic acids is 1. The van der Waals surface area contributed by atoms with E-state index < -0.39 is 5.97 Å². The molecule has 0 unspecified atom stereocenters. The number of hydrogen-bond acceptors (Lipinski definition) is 3. The van der Waals surface area contributed by atoms with Crippen LogP contribution in [-0.4, -0.2) is 22.3 Å². The van der Waals surface area contributed by atoms with Gasteiger partial charge in [0.25, 0.3) is 0 Å². The second-order valence-electron chi connectivity index (χ2n) is 3.88. The first-order valence-corrected chi connectivity index (χ1v) is 6.40. The third kappa shape index (κ3) is 3.99. The van der Waals surface area contributed by atoms with E-state index in [1.54, 1.807) is 36.7 Å². The van der Waals surface area contributed by atoms with Gasteiger partial charge in [-0.05, 0) is 45.8 Å².